The highest BCUT2D eigenvalue weighted by atomic mass is 79.9. The van der Waals surface area contributed by atoms with Gasteiger partial charge in [-0.1, -0.05) is 24.3 Å². The van der Waals surface area contributed by atoms with E-state index in [2.05, 4.69) is 26.1 Å². The summed E-state index contributed by atoms with van der Waals surface area (Å²) in [6.45, 7) is -0.136. The summed E-state index contributed by atoms with van der Waals surface area (Å²) in [4.78, 5) is 40.6. The number of allylic oxidation sites excluding steroid dienone is 4. The van der Waals surface area contributed by atoms with Crippen LogP contribution >= 0.6 is 15.9 Å². The van der Waals surface area contributed by atoms with E-state index in [0.717, 1.165) is 53.8 Å². The molecule has 7 heteroatoms. The van der Waals surface area contributed by atoms with Gasteiger partial charge in [0, 0.05) is 54.0 Å². The van der Waals surface area contributed by atoms with Crippen molar-refractivity contribution in [1.29, 1.82) is 0 Å². The molecule has 2 aromatic carbocycles. The van der Waals surface area contributed by atoms with Gasteiger partial charge >= 0.3 is 0 Å². The standard InChI is InChI=1S/C28H27BrN2O4/c1-31-20-9-5-11-22(32)27(20)26(28-21(31)10-6-12-23(28)33)17-13-14-24(19(29)15-17)35-16-25(34)30-18-7-3-2-4-8-18/h2-4,7-8,13-15,26H,5-6,9-12,16H2,1H3,(H,30,34). The molecule has 1 aliphatic heterocycles. The number of anilines is 1. The number of para-hydroxylation sites is 1. The summed E-state index contributed by atoms with van der Waals surface area (Å²) in [5, 5.41) is 2.80. The maximum atomic E-state index is 13.1. The Hall–Kier alpha value is -3.19. The molecule has 1 amide bonds. The smallest absolute Gasteiger partial charge is 0.262 e. The molecule has 6 nitrogen and oxygen atoms in total. The summed E-state index contributed by atoms with van der Waals surface area (Å²) in [5.41, 5.74) is 5.21. The van der Waals surface area contributed by atoms with Gasteiger partial charge < -0.3 is 15.0 Å². The number of carbonyl (C=O) groups excluding carboxylic acids is 3. The predicted octanol–water partition coefficient (Wildman–Crippen LogP) is 5.51. The van der Waals surface area contributed by atoms with Gasteiger partial charge in [-0.3, -0.25) is 14.4 Å². The highest BCUT2D eigenvalue weighted by Gasteiger charge is 2.42. The van der Waals surface area contributed by atoms with Crippen LogP contribution in [0, 0.1) is 0 Å². The molecule has 0 atom stereocenters. The summed E-state index contributed by atoms with van der Waals surface area (Å²) >= 11 is 3.58. The Balaban J connectivity index is 1.42. The van der Waals surface area contributed by atoms with Crippen molar-refractivity contribution in [3.8, 4) is 5.75 Å². The Bertz CT molecular complexity index is 1220. The van der Waals surface area contributed by atoms with E-state index in [1.54, 1.807) is 6.07 Å². The molecule has 0 bridgehead atoms. The monoisotopic (exact) mass is 534 g/mol. The van der Waals surface area contributed by atoms with Crippen molar-refractivity contribution in [3.05, 3.63) is 81.1 Å². The Labute approximate surface area is 213 Å². The number of Topliss-reactive ketones (excluding diaryl/α,β-unsaturated/α-hetero) is 2. The molecule has 0 saturated carbocycles. The highest BCUT2D eigenvalue weighted by molar-refractivity contribution is 9.10. The lowest BCUT2D eigenvalue weighted by Crippen LogP contribution is -2.37. The zero-order valence-electron chi connectivity index (χ0n) is 19.6. The second-order valence-electron chi connectivity index (χ2n) is 9.16. The maximum Gasteiger partial charge on any atom is 0.262 e. The van der Waals surface area contributed by atoms with Crippen LogP contribution in [0.1, 0.15) is 50.0 Å². The average molecular weight is 535 g/mol. The number of halogens is 1. The summed E-state index contributed by atoms with van der Waals surface area (Å²) in [5.74, 6) is 0.165. The van der Waals surface area contributed by atoms with Gasteiger partial charge in [-0.25, -0.2) is 0 Å². The van der Waals surface area contributed by atoms with E-state index in [-0.39, 0.29) is 30.0 Å². The van der Waals surface area contributed by atoms with Crippen LogP contribution in [0.25, 0.3) is 0 Å². The van der Waals surface area contributed by atoms with Gasteiger partial charge in [-0.2, -0.15) is 0 Å². The van der Waals surface area contributed by atoms with Gasteiger partial charge in [0.25, 0.3) is 5.91 Å². The van der Waals surface area contributed by atoms with Gasteiger partial charge in [0.1, 0.15) is 5.75 Å². The zero-order chi connectivity index (χ0) is 24.5. The van der Waals surface area contributed by atoms with Gasteiger partial charge in [0.15, 0.2) is 18.2 Å². The maximum absolute atomic E-state index is 13.1. The van der Waals surface area contributed by atoms with Crippen molar-refractivity contribution in [2.24, 2.45) is 0 Å². The number of benzene rings is 2. The van der Waals surface area contributed by atoms with E-state index in [9.17, 15) is 14.4 Å². The molecule has 5 rings (SSSR count). The Morgan fingerprint density at radius 3 is 2.20 bits per heavy atom. The first-order valence-corrected chi connectivity index (χ1v) is 12.8. The van der Waals surface area contributed by atoms with Crippen LogP contribution in [-0.4, -0.2) is 36.0 Å². The molecule has 0 radical (unpaired) electrons. The largest absolute Gasteiger partial charge is 0.483 e. The number of carbonyl (C=O) groups is 3. The molecule has 35 heavy (non-hydrogen) atoms. The minimum absolute atomic E-state index is 0.127. The first-order valence-electron chi connectivity index (χ1n) is 12.0. The van der Waals surface area contributed by atoms with Crippen LogP contribution in [0.3, 0.4) is 0 Å². The number of hydrogen-bond acceptors (Lipinski definition) is 5. The number of amides is 1. The second-order valence-corrected chi connectivity index (χ2v) is 10.0. The normalized spacial score (nSPS) is 18.4. The van der Waals surface area contributed by atoms with Crippen molar-refractivity contribution >= 4 is 39.1 Å². The molecule has 2 aliphatic carbocycles. The quantitative estimate of drug-likeness (QED) is 0.547. The van der Waals surface area contributed by atoms with Crippen LogP contribution in [0.4, 0.5) is 5.69 Å². The van der Waals surface area contributed by atoms with E-state index in [4.69, 9.17) is 4.74 Å². The number of nitrogens with one attached hydrogen (secondary N) is 1. The minimum atomic E-state index is -0.358. The third-order valence-corrected chi connectivity index (χ3v) is 7.57. The lowest BCUT2D eigenvalue weighted by Gasteiger charge is -2.42. The van der Waals surface area contributed by atoms with Crippen molar-refractivity contribution in [2.75, 3.05) is 19.0 Å². The topological polar surface area (TPSA) is 75.7 Å². The molecular formula is C28H27BrN2O4. The lowest BCUT2D eigenvalue weighted by atomic mass is 9.71. The first kappa shape index (κ1) is 23.5. The van der Waals surface area contributed by atoms with Crippen LogP contribution in [0.2, 0.25) is 0 Å². The highest BCUT2D eigenvalue weighted by Crippen LogP contribution is 2.49. The third kappa shape index (κ3) is 4.57. The first-order chi connectivity index (χ1) is 16.9. The van der Waals surface area contributed by atoms with Gasteiger partial charge in [-0.05, 0) is 71.4 Å². The van der Waals surface area contributed by atoms with Crippen molar-refractivity contribution in [1.82, 2.24) is 4.90 Å². The average Bonchev–Trinajstić information content (AvgIpc) is 2.85. The molecule has 0 unspecified atom stereocenters. The molecule has 0 saturated heterocycles. The number of ether oxygens (including phenoxy) is 1. The molecular weight excluding hydrogens is 508 g/mol. The Morgan fingerprint density at radius 2 is 1.60 bits per heavy atom. The number of rotatable bonds is 5. The molecule has 2 aromatic rings. The van der Waals surface area contributed by atoms with Gasteiger partial charge in [0.2, 0.25) is 0 Å². The van der Waals surface area contributed by atoms with Crippen LogP contribution in [-0.2, 0) is 14.4 Å². The SMILES string of the molecule is CN1C2=C(C(=O)CCC2)C(c2ccc(OCC(=O)Nc3ccccc3)c(Br)c2)C2=C1CCCC2=O. The minimum Gasteiger partial charge on any atom is -0.483 e. The summed E-state index contributed by atoms with van der Waals surface area (Å²) in [7, 11) is 1.99. The molecule has 0 spiro atoms. The van der Waals surface area contributed by atoms with Crippen LogP contribution in [0.5, 0.6) is 5.75 Å². The summed E-state index contributed by atoms with van der Waals surface area (Å²) < 4.78 is 6.44. The molecule has 1 heterocycles. The fourth-order valence-electron chi connectivity index (χ4n) is 5.36. The molecule has 1 N–H and O–H groups in total. The van der Waals surface area contributed by atoms with Crippen molar-refractivity contribution in [2.45, 2.75) is 44.4 Å². The Morgan fingerprint density at radius 1 is 0.971 bits per heavy atom. The number of ketones is 2. The Kier molecular flexibility index (Phi) is 6.60. The van der Waals surface area contributed by atoms with E-state index in [1.165, 1.54) is 0 Å². The van der Waals surface area contributed by atoms with E-state index in [1.807, 2.05) is 49.5 Å². The van der Waals surface area contributed by atoms with E-state index in [0.29, 0.717) is 28.8 Å². The van der Waals surface area contributed by atoms with E-state index >= 15 is 0 Å². The van der Waals surface area contributed by atoms with Crippen molar-refractivity contribution in [3.63, 3.8) is 0 Å². The van der Waals surface area contributed by atoms with E-state index < -0.39 is 0 Å². The van der Waals surface area contributed by atoms with Gasteiger partial charge in [0.05, 0.1) is 4.47 Å². The number of hydrogen-bond donors (Lipinski definition) is 1. The zero-order valence-corrected chi connectivity index (χ0v) is 21.2. The molecule has 3 aliphatic rings. The van der Waals surface area contributed by atoms with Gasteiger partial charge in [-0.15, -0.1) is 0 Å². The fourth-order valence-corrected chi connectivity index (χ4v) is 5.87. The number of nitrogens with zero attached hydrogens (tertiary/aromatic N) is 1. The molecule has 0 fully saturated rings. The second kappa shape index (κ2) is 9.82. The molecule has 180 valence electrons. The van der Waals surface area contributed by atoms with Crippen LogP contribution < -0.4 is 10.1 Å². The van der Waals surface area contributed by atoms with Crippen molar-refractivity contribution < 1.29 is 19.1 Å². The molecule has 0 aromatic heterocycles. The fraction of sp³-hybridized carbons (Fsp3) is 0.321. The predicted molar refractivity (Wildman–Crippen MR) is 137 cm³/mol. The lowest BCUT2D eigenvalue weighted by molar-refractivity contribution is -0.118. The third-order valence-electron chi connectivity index (χ3n) is 6.95. The van der Waals surface area contributed by atoms with Crippen LogP contribution in [0.15, 0.2) is 75.5 Å². The summed E-state index contributed by atoms with van der Waals surface area (Å²) in [6, 6.07) is 14.8. The summed E-state index contributed by atoms with van der Waals surface area (Å²) in [6.07, 6.45) is 4.40.